The molecule has 0 spiro atoms. The van der Waals surface area contributed by atoms with E-state index in [1.165, 1.54) is 16.7 Å². The lowest BCUT2D eigenvalue weighted by Gasteiger charge is -2.10. The first-order valence-corrected chi connectivity index (χ1v) is 6.96. The van der Waals surface area contributed by atoms with Gasteiger partial charge in [0.15, 0.2) is 0 Å². The van der Waals surface area contributed by atoms with Crippen molar-refractivity contribution in [2.45, 2.75) is 26.3 Å². The zero-order valence-corrected chi connectivity index (χ0v) is 12.2. The molecule has 0 aliphatic heterocycles. The Kier molecular flexibility index (Phi) is 4.94. The van der Waals surface area contributed by atoms with Crippen molar-refractivity contribution in [3.05, 3.63) is 63.9 Å². The molecular weight excluding hydrogens is 256 g/mol. The van der Waals surface area contributed by atoms with Gasteiger partial charge in [-0.2, -0.15) is 0 Å². The summed E-state index contributed by atoms with van der Waals surface area (Å²) in [7, 11) is 1.95. The average Bonchev–Trinajstić information content (AvgIpc) is 2.43. The van der Waals surface area contributed by atoms with E-state index >= 15 is 0 Å². The number of nitrogens with zero attached hydrogens (tertiary/aromatic N) is 1. The largest absolute Gasteiger partial charge is 0.316 e. The van der Waals surface area contributed by atoms with Gasteiger partial charge in [-0.3, -0.25) is 4.98 Å². The van der Waals surface area contributed by atoms with Crippen LogP contribution in [0.4, 0.5) is 0 Å². The van der Waals surface area contributed by atoms with Crippen LogP contribution in [0.1, 0.15) is 29.3 Å². The fourth-order valence-corrected chi connectivity index (χ4v) is 2.28. The minimum atomic E-state index is 0.778. The van der Waals surface area contributed by atoms with Crippen molar-refractivity contribution in [3.63, 3.8) is 0 Å². The summed E-state index contributed by atoms with van der Waals surface area (Å²) in [4.78, 5) is 4.51. The quantitative estimate of drug-likeness (QED) is 0.901. The molecule has 3 heteroatoms. The normalized spacial score (nSPS) is 10.7. The first-order valence-electron chi connectivity index (χ1n) is 6.58. The Labute approximate surface area is 119 Å². The smallest absolute Gasteiger partial charge is 0.0447 e. The van der Waals surface area contributed by atoms with E-state index in [-0.39, 0.29) is 0 Å². The topological polar surface area (TPSA) is 24.9 Å². The molecule has 0 atom stereocenters. The van der Waals surface area contributed by atoms with Gasteiger partial charge in [0.1, 0.15) is 0 Å². The molecule has 100 valence electrons. The second-order valence-corrected chi connectivity index (χ2v) is 5.07. The Hall–Kier alpha value is -1.38. The van der Waals surface area contributed by atoms with Crippen LogP contribution >= 0.6 is 11.6 Å². The van der Waals surface area contributed by atoms with Crippen LogP contribution in [-0.2, 0) is 19.4 Å². The second kappa shape index (κ2) is 6.69. The summed E-state index contributed by atoms with van der Waals surface area (Å²) in [6.07, 6.45) is 3.80. The molecule has 2 aromatic rings. The summed E-state index contributed by atoms with van der Waals surface area (Å²) in [5, 5.41) is 3.96. The van der Waals surface area contributed by atoms with E-state index < -0.39 is 0 Å². The summed E-state index contributed by atoms with van der Waals surface area (Å²) in [6, 6.07) is 10.3. The van der Waals surface area contributed by atoms with Gasteiger partial charge in [-0.15, -0.1) is 0 Å². The lowest BCUT2D eigenvalue weighted by Crippen LogP contribution is -2.08. The molecule has 0 bridgehead atoms. The lowest BCUT2D eigenvalue weighted by molar-refractivity contribution is 0.806. The van der Waals surface area contributed by atoms with Gasteiger partial charge in [0.05, 0.1) is 0 Å². The summed E-state index contributed by atoms with van der Waals surface area (Å²) >= 11 is 6.09. The number of hydrogen-bond acceptors (Lipinski definition) is 2. The summed E-state index contributed by atoms with van der Waals surface area (Å²) < 4.78 is 0. The zero-order chi connectivity index (χ0) is 13.7. The molecule has 0 unspecified atom stereocenters. The molecule has 0 fully saturated rings. The number of pyridine rings is 1. The molecule has 0 radical (unpaired) electrons. The zero-order valence-electron chi connectivity index (χ0n) is 11.4. The molecule has 0 aliphatic rings. The first-order chi connectivity index (χ1) is 9.22. The highest BCUT2D eigenvalue weighted by molar-refractivity contribution is 6.30. The summed E-state index contributed by atoms with van der Waals surface area (Å²) in [5.41, 5.74) is 4.86. The van der Waals surface area contributed by atoms with Crippen LogP contribution < -0.4 is 5.32 Å². The van der Waals surface area contributed by atoms with Crippen molar-refractivity contribution in [1.82, 2.24) is 10.3 Å². The fourth-order valence-electron chi connectivity index (χ4n) is 2.09. The van der Waals surface area contributed by atoms with E-state index in [0.29, 0.717) is 0 Å². The van der Waals surface area contributed by atoms with E-state index in [4.69, 9.17) is 11.6 Å². The molecule has 0 saturated heterocycles. The van der Waals surface area contributed by atoms with Crippen LogP contribution in [0.5, 0.6) is 0 Å². The Balaban J connectivity index is 2.23. The van der Waals surface area contributed by atoms with Crippen LogP contribution in [0.25, 0.3) is 0 Å². The van der Waals surface area contributed by atoms with Crippen LogP contribution in [0, 0.1) is 0 Å². The maximum Gasteiger partial charge on any atom is 0.0447 e. The lowest BCUT2D eigenvalue weighted by atomic mass is 10.0. The predicted octanol–water partition coefficient (Wildman–Crippen LogP) is 3.61. The summed E-state index contributed by atoms with van der Waals surface area (Å²) in [6.45, 7) is 2.98. The Morgan fingerprint density at radius 1 is 1.16 bits per heavy atom. The van der Waals surface area contributed by atoms with Gasteiger partial charge in [0, 0.05) is 29.9 Å². The maximum absolute atomic E-state index is 6.09. The van der Waals surface area contributed by atoms with Crippen LogP contribution in [0.15, 0.2) is 36.5 Å². The fraction of sp³-hybridized carbons (Fsp3) is 0.312. The number of halogens is 1. The van der Waals surface area contributed by atoms with Gasteiger partial charge >= 0.3 is 0 Å². The average molecular weight is 275 g/mol. The Morgan fingerprint density at radius 2 is 2.00 bits per heavy atom. The maximum atomic E-state index is 6.09. The number of hydrogen-bond donors (Lipinski definition) is 1. The van der Waals surface area contributed by atoms with Gasteiger partial charge < -0.3 is 5.32 Å². The van der Waals surface area contributed by atoms with Crippen molar-refractivity contribution in [2.24, 2.45) is 0 Å². The molecule has 1 aromatic carbocycles. The number of nitrogens with one attached hydrogen (secondary N) is 1. The van der Waals surface area contributed by atoms with E-state index in [0.717, 1.165) is 30.1 Å². The standard InChI is InChI=1S/C16H19ClN2/c1-3-12-4-7-16(19-10-12)9-14-8-15(17)6-5-13(14)11-18-2/h4-8,10,18H,3,9,11H2,1-2H3. The summed E-state index contributed by atoms with van der Waals surface area (Å²) in [5.74, 6) is 0. The van der Waals surface area contributed by atoms with E-state index in [9.17, 15) is 0 Å². The minimum absolute atomic E-state index is 0.778. The second-order valence-electron chi connectivity index (χ2n) is 4.63. The highest BCUT2D eigenvalue weighted by atomic mass is 35.5. The van der Waals surface area contributed by atoms with Crippen molar-refractivity contribution >= 4 is 11.6 Å². The molecule has 0 aliphatic carbocycles. The van der Waals surface area contributed by atoms with Crippen molar-refractivity contribution in [3.8, 4) is 0 Å². The monoisotopic (exact) mass is 274 g/mol. The molecule has 1 N–H and O–H groups in total. The van der Waals surface area contributed by atoms with Crippen LogP contribution in [-0.4, -0.2) is 12.0 Å². The number of rotatable bonds is 5. The van der Waals surface area contributed by atoms with E-state index in [2.05, 4.69) is 35.4 Å². The molecular formula is C16H19ClN2. The van der Waals surface area contributed by atoms with Gasteiger partial charge in [0.25, 0.3) is 0 Å². The predicted molar refractivity (Wildman–Crippen MR) is 80.6 cm³/mol. The van der Waals surface area contributed by atoms with Crippen molar-refractivity contribution in [1.29, 1.82) is 0 Å². The number of aromatic nitrogens is 1. The molecule has 1 heterocycles. The molecule has 2 nitrogen and oxygen atoms in total. The minimum Gasteiger partial charge on any atom is -0.316 e. The van der Waals surface area contributed by atoms with Gasteiger partial charge in [-0.05, 0) is 48.4 Å². The third kappa shape index (κ3) is 3.79. The van der Waals surface area contributed by atoms with Crippen LogP contribution in [0.3, 0.4) is 0 Å². The molecule has 19 heavy (non-hydrogen) atoms. The highest BCUT2D eigenvalue weighted by Gasteiger charge is 2.05. The van der Waals surface area contributed by atoms with Gasteiger partial charge in [-0.1, -0.05) is 30.7 Å². The highest BCUT2D eigenvalue weighted by Crippen LogP contribution is 2.19. The SMILES string of the molecule is CCc1ccc(Cc2cc(Cl)ccc2CNC)nc1. The van der Waals surface area contributed by atoms with Gasteiger partial charge in [0.2, 0.25) is 0 Å². The number of aryl methyl sites for hydroxylation is 1. The van der Waals surface area contributed by atoms with Crippen molar-refractivity contribution < 1.29 is 0 Å². The number of benzene rings is 1. The molecule has 1 aromatic heterocycles. The first kappa shape index (κ1) is 14.0. The third-order valence-electron chi connectivity index (χ3n) is 3.20. The van der Waals surface area contributed by atoms with Gasteiger partial charge in [-0.25, -0.2) is 0 Å². The van der Waals surface area contributed by atoms with E-state index in [1.54, 1.807) is 0 Å². The van der Waals surface area contributed by atoms with Crippen LogP contribution in [0.2, 0.25) is 5.02 Å². The van der Waals surface area contributed by atoms with Crippen molar-refractivity contribution in [2.75, 3.05) is 7.05 Å². The molecule has 0 amide bonds. The van der Waals surface area contributed by atoms with E-state index in [1.807, 2.05) is 25.4 Å². The Bertz CT molecular complexity index is 535. The molecule has 0 saturated carbocycles. The third-order valence-corrected chi connectivity index (χ3v) is 3.44. The molecule has 2 rings (SSSR count). The Morgan fingerprint density at radius 3 is 2.63 bits per heavy atom.